The molecule has 0 bridgehead atoms. The van der Waals surface area contributed by atoms with Crippen molar-refractivity contribution in [2.75, 3.05) is 44.3 Å². The quantitative estimate of drug-likeness (QED) is 0.388. The summed E-state index contributed by atoms with van der Waals surface area (Å²) < 4.78 is 5.31. The number of ether oxygens (including phenoxy) is 1. The van der Waals surface area contributed by atoms with Gasteiger partial charge in [-0.3, -0.25) is 4.99 Å². The molecule has 2 aliphatic rings. The van der Waals surface area contributed by atoms with Crippen LogP contribution in [0, 0.1) is 5.41 Å². The highest BCUT2D eigenvalue weighted by Gasteiger charge is 2.33. The zero-order chi connectivity index (χ0) is 17.0. The minimum absolute atomic E-state index is 0. The second-order valence-corrected chi connectivity index (χ2v) is 7.49. The van der Waals surface area contributed by atoms with E-state index in [1.807, 2.05) is 18.2 Å². The Labute approximate surface area is 172 Å². The highest BCUT2D eigenvalue weighted by molar-refractivity contribution is 14.0. The number of halogens is 2. The van der Waals surface area contributed by atoms with Crippen LogP contribution in [0.4, 0.5) is 5.69 Å². The Bertz CT molecular complexity index is 594. The van der Waals surface area contributed by atoms with Crippen molar-refractivity contribution in [1.82, 2.24) is 10.6 Å². The summed E-state index contributed by atoms with van der Waals surface area (Å²) >= 11 is 6.11. The molecule has 2 saturated heterocycles. The van der Waals surface area contributed by atoms with Crippen LogP contribution in [-0.2, 0) is 4.74 Å². The second kappa shape index (κ2) is 9.28. The first kappa shape index (κ1) is 20.6. The number of benzene rings is 1. The van der Waals surface area contributed by atoms with E-state index in [-0.39, 0.29) is 29.4 Å². The van der Waals surface area contributed by atoms with E-state index in [2.05, 4.69) is 35.4 Å². The van der Waals surface area contributed by atoms with Gasteiger partial charge in [-0.15, -0.1) is 24.0 Å². The van der Waals surface area contributed by atoms with Crippen LogP contribution in [0.2, 0.25) is 5.02 Å². The third kappa shape index (κ3) is 5.62. The Morgan fingerprint density at radius 1 is 1.44 bits per heavy atom. The number of aliphatic imine (C=N–C) groups is 1. The van der Waals surface area contributed by atoms with Crippen molar-refractivity contribution in [2.45, 2.75) is 26.3 Å². The van der Waals surface area contributed by atoms with Crippen LogP contribution in [0.3, 0.4) is 0 Å². The first-order valence-electron chi connectivity index (χ1n) is 8.71. The fraction of sp³-hybridized carbons (Fsp3) is 0.611. The summed E-state index contributed by atoms with van der Waals surface area (Å²) in [7, 11) is 0. The van der Waals surface area contributed by atoms with Crippen molar-refractivity contribution >= 4 is 47.2 Å². The summed E-state index contributed by atoms with van der Waals surface area (Å²) in [6, 6.07) is 8.46. The molecule has 2 heterocycles. The molecular weight excluding hydrogens is 451 g/mol. The van der Waals surface area contributed by atoms with E-state index in [1.54, 1.807) is 0 Å². The number of hydrogen-bond acceptors (Lipinski definition) is 3. The van der Waals surface area contributed by atoms with Crippen molar-refractivity contribution in [3.8, 4) is 0 Å². The Morgan fingerprint density at radius 2 is 2.24 bits per heavy atom. The lowest BCUT2D eigenvalue weighted by molar-refractivity contribution is -0.0945. The van der Waals surface area contributed by atoms with E-state index < -0.39 is 0 Å². The summed E-state index contributed by atoms with van der Waals surface area (Å²) in [6.45, 7) is 9.59. The number of guanidine groups is 1. The number of nitrogens with zero attached hydrogens (tertiary/aromatic N) is 2. The molecule has 2 N–H and O–H groups in total. The van der Waals surface area contributed by atoms with Crippen molar-refractivity contribution < 1.29 is 4.74 Å². The average molecular weight is 479 g/mol. The Hall–Kier alpha value is -0.730. The lowest BCUT2D eigenvalue weighted by Gasteiger charge is -2.36. The largest absolute Gasteiger partial charge is 0.380 e. The third-order valence-corrected chi connectivity index (χ3v) is 4.80. The van der Waals surface area contributed by atoms with Gasteiger partial charge in [0.15, 0.2) is 5.96 Å². The van der Waals surface area contributed by atoms with E-state index in [1.165, 1.54) is 5.69 Å². The summed E-state index contributed by atoms with van der Waals surface area (Å²) in [5.41, 5.74) is 1.39. The van der Waals surface area contributed by atoms with Crippen LogP contribution in [0.5, 0.6) is 0 Å². The fourth-order valence-electron chi connectivity index (χ4n) is 3.11. The molecule has 0 aromatic heterocycles. The van der Waals surface area contributed by atoms with E-state index in [9.17, 15) is 0 Å². The van der Waals surface area contributed by atoms with Crippen molar-refractivity contribution in [2.24, 2.45) is 10.4 Å². The lowest BCUT2D eigenvalue weighted by Crippen LogP contribution is -2.47. The summed E-state index contributed by atoms with van der Waals surface area (Å²) in [4.78, 5) is 7.13. The number of hydrogen-bond donors (Lipinski definition) is 2. The molecule has 1 aromatic rings. The number of nitrogens with one attached hydrogen (secondary N) is 2. The van der Waals surface area contributed by atoms with Crippen LogP contribution in [0.15, 0.2) is 29.3 Å². The smallest absolute Gasteiger partial charge is 0.191 e. The molecule has 25 heavy (non-hydrogen) atoms. The summed E-state index contributed by atoms with van der Waals surface area (Å²) in [5.74, 6) is 0.906. The molecule has 1 atom stereocenters. The predicted molar refractivity (Wildman–Crippen MR) is 116 cm³/mol. The second-order valence-electron chi connectivity index (χ2n) is 7.05. The van der Waals surface area contributed by atoms with Gasteiger partial charge in [0.1, 0.15) is 0 Å². The Kier molecular flexibility index (Phi) is 7.64. The minimum Gasteiger partial charge on any atom is -0.380 e. The van der Waals surface area contributed by atoms with Gasteiger partial charge in [0.05, 0.1) is 19.8 Å². The highest BCUT2D eigenvalue weighted by Crippen LogP contribution is 2.26. The molecule has 0 amide bonds. The maximum Gasteiger partial charge on any atom is 0.191 e. The van der Waals surface area contributed by atoms with Gasteiger partial charge in [-0.2, -0.15) is 0 Å². The molecule has 1 unspecified atom stereocenters. The van der Waals surface area contributed by atoms with Gasteiger partial charge >= 0.3 is 0 Å². The van der Waals surface area contributed by atoms with Gasteiger partial charge in [-0.25, -0.2) is 0 Å². The van der Waals surface area contributed by atoms with Gasteiger partial charge in [0, 0.05) is 41.8 Å². The van der Waals surface area contributed by atoms with Gasteiger partial charge < -0.3 is 20.3 Å². The van der Waals surface area contributed by atoms with Gasteiger partial charge in [-0.1, -0.05) is 24.6 Å². The maximum absolute atomic E-state index is 6.11. The predicted octanol–water partition coefficient (Wildman–Crippen LogP) is 3.13. The molecule has 2 fully saturated rings. The fourth-order valence-corrected chi connectivity index (χ4v) is 3.30. The normalized spacial score (nSPS) is 22.1. The number of anilines is 1. The number of rotatable bonds is 5. The standard InChI is InChI=1S/C18H27ClN4O.HI/c1-3-20-17(21-11-18(2)12-24-13-18)22-15-7-8-23(10-15)16-6-4-5-14(19)9-16;/h4-6,9,15H,3,7-8,10-13H2,1-2H3,(H2,20,21,22);1H. The average Bonchev–Trinajstić information content (AvgIpc) is 2.99. The van der Waals surface area contributed by atoms with Gasteiger partial charge in [0.2, 0.25) is 0 Å². The summed E-state index contributed by atoms with van der Waals surface area (Å²) in [5, 5.41) is 7.71. The van der Waals surface area contributed by atoms with Crippen molar-refractivity contribution in [1.29, 1.82) is 0 Å². The molecule has 1 aromatic carbocycles. The van der Waals surface area contributed by atoms with Crippen LogP contribution in [0.1, 0.15) is 20.3 Å². The molecule has 140 valence electrons. The lowest BCUT2D eigenvalue weighted by atomic mass is 9.89. The molecular formula is C18H28ClIN4O. The van der Waals surface area contributed by atoms with Crippen molar-refractivity contribution in [3.05, 3.63) is 29.3 Å². The third-order valence-electron chi connectivity index (χ3n) is 4.57. The molecule has 0 spiro atoms. The molecule has 2 aliphatic heterocycles. The van der Waals surface area contributed by atoms with Gasteiger partial charge in [-0.05, 0) is 31.5 Å². The minimum atomic E-state index is 0. The maximum atomic E-state index is 6.11. The summed E-state index contributed by atoms with van der Waals surface area (Å²) in [6.07, 6.45) is 1.09. The topological polar surface area (TPSA) is 48.9 Å². The zero-order valence-electron chi connectivity index (χ0n) is 14.9. The molecule has 5 nitrogen and oxygen atoms in total. The van der Waals surface area contributed by atoms with Crippen LogP contribution in [0.25, 0.3) is 0 Å². The monoisotopic (exact) mass is 478 g/mol. The van der Waals surface area contributed by atoms with Crippen LogP contribution >= 0.6 is 35.6 Å². The molecule has 3 rings (SSSR count). The highest BCUT2D eigenvalue weighted by atomic mass is 127. The molecule has 0 aliphatic carbocycles. The first-order valence-corrected chi connectivity index (χ1v) is 9.09. The van der Waals surface area contributed by atoms with Crippen LogP contribution < -0.4 is 15.5 Å². The Balaban J connectivity index is 0.00000225. The van der Waals surface area contributed by atoms with E-state index in [0.717, 1.165) is 56.8 Å². The van der Waals surface area contributed by atoms with E-state index >= 15 is 0 Å². The SMILES string of the molecule is CCNC(=NCC1(C)COC1)NC1CCN(c2cccc(Cl)c2)C1.I. The zero-order valence-corrected chi connectivity index (χ0v) is 18.0. The molecule has 7 heteroatoms. The van der Waals surface area contributed by atoms with Crippen LogP contribution in [-0.4, -0.2) is 51.4 Å². The Morgan fingerprint density at radius 3 is 2.88 bits per heavy atom. The van der Waals surface area contributed by atoms with E-state index in [0.29, 0.717) is 6.04 Å². The molecule has 0 saturated carbocycles. The first-order chi connectivity index (χ1) is 11.6. The van der Waals surface area contributed by atoms with Crippen molar-refractivity contribution in [3.63, 3.8) is 0 Å². The van der Waals surface area contributed by atoms with Gasteiger partial charge in [0.25, 0.3) is 0 Å². The van der Waals surface area contributed by atoms with E-state index in [4.69, 9.17) is 21.3 Å². The molecule has 0 radical (unpaired) electrons.